The fourth-order valence-corrected chi connectivity index (χ4v) is 5.73. The van der Waals surface area contributed by atoms with Crippen LogP contribution in [0.15, 0.2) is 0 Å². The Balaban J connectivity index is 1.54. The summed E-state index contributed by atoms with van der Waals surface area (Å²) in [6.45, 7) is 6.70. The molecule has 26 heavy (non-hydrogen) atoms. The molecule has 0 aromatic heterocycles. The van der Waals surface area contributed by atoms with Crippen molar-refractivity contribution in [2.24, 2.45) is 10.8 Å². The summed E-state index contributed by atoms with van der Waals surface area (Å²) in [7, 11) is 1.87. The summed E-state index contributed by atoms with van der Waals surface area (Å²) < 4.78 is 0. The van der Waals surface area contributed by atoms with Gasteiger partial charge in [0.2, 0.25) is 11.8 Å². The van der Waals surface area contributed by atoms with Gasteiger partial charge in [0.1, 0.15) is 0 Å². The molecule has 4 amide bonds. The molecule has 1 unspecified atom stereocenters. The van der Waals surface area contributed by atoms with E-state index in [2.05, 4.69) is 0 Å². The zero-order chi connectivity index (χ0) is 18.5. The highest BCUT2D eigenvalue weighted by Crippen LogP contribution is 2.57. The number of carbonyl (C=O) groups excluding carboxylic acids is 3. The molecule has 0 saturated carbocycles. The van der Waals surface area contributed by atoms with Crippen LogP contribution in [-0.4, -0.2) is 90.3 Å². The molecular weight excluding hydrogens is 332 g/mol. The number of hydrogen-bond acceptors (Lipinski definition) is 3. The molecule has 4 aliphatic heterocycles. The third-order valence-corrected chi connectivity index (χ3v) is 7.41. The number of amides is 4. The maximum Gasteiger partial charge on any atom is 0.319 e. The predicted molar refractivity (Wildman–Crippen MR) is 96.4 cm³/mol. The normalized spacial score (nSPS) is 30.9. The molecule has 144 valence electrons. The predicted octanol–water partition coefficient (Wildman–Crippen LogP) is 0.995. The molecule has 0 aliphatic carbocycles. The van der Waals surface area contributed by atoms with Crippen molar-refractivity contribution in [1.29, 1.82) is 0 Å². The van der Waals surface area contributed by atoms with E-state index in [1.807, 2.05) is 26.6 Å². The summed E-state index contributed by atoms with van der Waals surface area (Å²) in [6, 6.07) is 0.155. The Hall–Kier alpha value is -1.79. The number of urea groups is 1. The summed E-state index contributed by atoms with van der Waals surface area (Å²) in [6.07, 6.45) is 4.65. The van der Waals surface area contributed by atoms with Crippen molar-refractivity contribution in [1.82, 2.24) is 19.6 Å². The average molecular weight is 362 g/mol. The van der Waals surface area contributed by atoms with Gasteiger partial charge in [0.15, 0.2) is 0 Å². The van der Waals surface area contributed by atoms with E-state index in [4.69, 9.17) is 0 Å². The zero-order valence-corrected chi connectivity index (χ0v) is 16.0. The van der Waals surface area contributed by atoms with Gasteiger partial charge in [-0.05, 0) is 32.1 Å². The van der Waals surface area contributed by atoms with Crippen LogP contribution >= 0.6 is 0 Å². The van der Waals surface area contributed by atoms with Crippen molar-refractivity contribution in [3.63, 3.8) is 0 Å². The molecule has 4 rings (SSSR count). The second-order valence-electron chi connectivity index (χ2n) is 8.68. The Labute approximate surface area is 155 Å². The van der Waals surface area contributed by atoms with Gasteiger partial charge in [-0.2, -0.15) is 0 Å². The molecule has 7 nitrogen and oxygen atoms in total. The first kappa shape index (κ1) is 17.6. The van der Waals surface area contributed by atoms with Crippen LogP contribution < -0.4 is 0 Å². The highest BCUT2D eigenvalue weighted by atomic mass is 16.2. The van der Waals surface area contributed by atoms with E-state index in [0.29, 0.717) is 26.2 Å². The van der Waals surface area contributed by atoms with E-state index in [9.17, 15) is 14.4 Å². The lowest BCUT2D eigenvalue weighted by molar-refractivity contribution is -0.141. The Morgan fingerprint density at radius 3 is 2.00 bits per heavy atom. The number of piperidine rings is 1. The van der Waals surface area contributed by atoms with Gasteiger partial charge in [0.05, 0.1) is 5.41 Å². The second-order valence-corrected chi connectivity index (χ2v) is 8.68. The molecule has 4 fully saturated rings. The van der Waals surface area contributed by atoms with Gasteiger partial charge in [-0.1, -0.05) is 0 Å². The van der Waals surface area contributed by atoms with Gasteiger partial charge in [0.25, 0.3) is 0 Å². The quantitative estimate of drug-likeness (QED) is 0.646. The summed E-state index contributed by atoms with van der Waals surface area (Å²) in [4.78, 5) is 45.5. The molecule has 0 bridgehead atoms. The Morgan fingerprint density at radius 1 is 0.846 bits per heavy atom. The van der Waals surface area contributed by atoms with Crippen LogP contribution in [0.4, 0.5) is 4.79 Å². The van der Waals surface area contributed by atoms with Crippen molar-refractivity contribution in [3.8, 4) is 0 Å². The van der Waals surface area contributed by atoms with Crippen LogP contribution in [0.5, 0.6) is 0 Å². The van der Waals surface area contributed by atoms with E-state index < -0.39 is 5.41 Å². The zero-order valence-electron chi connectivity index (χ0n) is 16.0. The first-order valence-corrected chi connectivity index (χ1v) is 9.94. The van der Waals surface area contributed by atoms with Crippen LogP contribution in [0.3, 0.4) is 0 Å². The smallest absolute Gasteiger partial charge is 0.319 e. The van der Waals surface area contributed by atoms with Crippen LogP contribution in [-0.2, 0) is 9.59 Å². The second kappa shape index (κ2) is 6.13. The fourth-order valence-electron chi connectivity index (χ4n) is 5.73. The maximum absolute atomic E-state index is 13.1. The molecule has 7 heteroatoms. The molecule has 1 atom stereocenters. The van der Waals surface area contributed by atoms with E-state index in [-0.39, 0.29) is 23.3 Å². The van der Waals surface area contributed by atoms with Crippen LogP contribution in [0.2, 0.25) is 0 Å². The number of hydrogen-bond donors (Lipinski definition) is 0. The third-order valence-electron chi connectivity index (χ3n) is 7.41. The Kier molecular flexibility index (Phi) is 4.15. The SMILES string of the molecule is CC(=O)N1CC2(CCN(C(=O)N3CCCC3)CC2)C2(CCN(C)C2=O)C1. The number of fused-ring (bicyclic) bond motifs is 1. The summed E-state index contributed by atoms with van der Waals surface area (Å²) >= 11 is 0. The molecule has 0 aromatic rings. The number of nitrogens with zero attached hydrogens (tertiary/aromatic N) is 4. The lowest BCUT2D eigenvalue weighted by atomic mass is 9.60. The number of carbonyl (C=O) groups is 3. The fraction of sp³-hybridized carbons (Fsp3) is 0.842. The maximum atomic E-state index is 13.1. The van der Waals surface area contributed by atoms with Gasteiger partial charge in [-0.25, -0.2) is 4.79 Å². The number of rotatable bonds is 0. The monoisotopic (exact) mass is 362 g/mol. The largest absolute Gasteiger partial charge is 0.345 e. The summed E-state index contributed by atoms with van der Waals surface area (Å²) in [5.41, 5.74) is -0.626. The van der Waals surface area contributed by atoms with Crippen molar-refractivity contribution in [3.05, 3.63) is 0 Å². The highest BCUT2D eigenvalue weighted by Gasteiger charge is 2.65. The van der Waals surface area contributed by atoms with Gasteiger partial charge < -0.3 is 19.6 Å². The minimum atomic E-state index is -0.448. The molecule has 4 saturated heterocycles. The summed E-state index contributed by atoms with van der Waals surface area (Å²) in [5.74, 6) is 0.250. The molecule has 0 N–H and O–H groups in total. The van der Waals surface area contributed by atoms with Gasteiger partial charge in [-0.3, -0.25) is 9.59 Å². The van der Waals surface area contributed by atoms with Crippen LogP contribution in [0.25, 0.3) is 0 Å². The van der Waals surface area contributed by atoms with Crippen molar-refractivity contribution < 1.29 is 14.4 Å². The van der Waals surface area contributed by atoms with E-state index in [1.165, 1.54) is 0 Å². The molecule has 2 spiro atoms. The van der Waals surface area contributed by atoms with Crippen LogP contribution in [0.1, 0.15) is 39.0 Å². The van der Waals surface area contributed by atoms with E-state index in [1.54, 1.807) is 6.92 Å². The van der Waals surface area contributed by atoms with Gasteiger partial charge in [-0.15, -0.1) is 0 Å². The first-order chi connectivity index (χ1) is 12.4. The van der Waals surface area contributed by atoms with Gasteiger partial charge in [0, 0.05) is 65.2 Å². The highest BCUT2D eigenvalue weighted by molar-refractivity contribution is 5.88. The van der Waals surface area contributed by atoms with Crippen molar-refractivity contribution in [2.75, 3.05) is 52.9 Å². The molecule has 0 radical (unpaired) electrons. The molecule has 4 aliphatic rings. The Bertz CT molecular complexity index is 622. The van der Waals surface area contributed by atoms with E-state index >= 15 is 0 Å². The standard InChI is InChI=1S/C19H30N4O3/c1-15(24)23-13-18(19(14-23)7-10-20(2)16(19)25)5-11-22(12-6-18)17(26)21-8-3-4-9-21/h3-14H2,1-2H3. The lowest BCUT2D eigenvalue weighted by Crippen LogP contribution is -2.55. The lowest BCUT2D eigenvalue weighted by Gasteiger charge is -2.47. The Morgan fingerprint density at radius 2 is 1.46 bits per heavy atom. The topological polar surface area (TPSA) is 64.2 Å². The van der Waals surface area contributed by atoms with Crippen molar-refractivity contribution >= 4 is 17.8 Å². The summed E-state index contributed by atoms with van der Waals surface area (Å²) in [5, 5.41) is 0. The minimum Gasteiger partial charge on any atom is -0.345 e. The molecule has 0 aromatic carbocycles. The van der Waals surface area contributed by atoms with Crippen LogP contribution in [0, 0.1) is 10.8 Å². The molecule has 4 heterocycles. The number of likely N-dealkylation sites (tertiary alicyclic amines) is 4. The van der Waals surface area contributed by atoms with E-state index in [0.717, 1.165) is 51.7 Å². The first-order valence-electron chi connectivity index (χ1n) is 9.94. The average Bonchev–Trinajstić information content (AvgIpc) is 3.33. The molecular formula is C19H30N4O3. The van der Waals surface area contributed by atoms with Gasteiger partial charge >= 0.3 is 6.03 Å². The van der Waals surface area contributed by atoms with Crippen molar-refractivity contribution in [2.45, 2.75) is 39.0 Å². The minimum absolute atomic E-state index is 0.0548. The third kappa shape index (κ3) is 2.42.